The molecule has 0 bridgehead atoms. The Labute approximate surface area is 178 Å². The van der Waals surface area contributed by atoms with Crippen molar-refractivity contribution in [3.05, 3.63) is 0 Å². The van der Waals surface area contributed by atoms with Gasteiger partial charge < -0.3 is 24.8 Å². The smallest absolute Gasteiger partial charge is 0.317 e. The van der Waals surface area contributed by atoms with Crippen molar-refractivity contribution in [3.8, 4) is 0 Å². The Kier molecular flexibility index (Phi) is 10.4. The molecular weight excluding hydrogens is 392 g/mol. The molecule has 1 aliphatic heterocycles. The third kappa shape index (κ3) is 8.32. The molecule has 0 aromatic heterocycles. The van der Waals surface area contributed by atoms with E-state index in [2.05, 4.69) is 25.5 Å². The quantitative estimate of drug-likeness (QED) is 0.393. The Morgan fingerprint density at radius 2 is 1.50 bits per heavy atom. The van der Waals surface area contributed by atoms with Gasteiger partial charge in [-0.2, -0.15) is 0 Å². The molecule has 1 aliphatic carbocycles. The van der Waals surface area contributed by atoms with Crippen molar-refractivity contribution in [1.82, 2.24) is 0 Å². The molecule has 1 heterocycles. The van der Waals surface area contributed by atoms with Gasteiger partial charge in [0.25, 0.3) is 0 Å². The fraction of sp³-hybridized carbons (Fsp3) is 0.864. The Morgan fingerprint density at radius 1 is 1.03 bits per heavy atom. The summed E-state index contributed by atoms with van der Waals surface area (Å²) in [5.74, 6) is -0.942. The van der Waals surface area contributed by atoms with Crippen LogP contribution in [0.1, 0.15) is 66.2 Å². The third-order valence-corrected chi connectivity index (χ3v) is 5.59. The number of ether oxygens (including phenoxy) is 2. The Balaban J connectivity index is 0.000000340. The lowest BCUT2D eigenvalue weighted by atomic mass is 9.81. The Morgan fingerprint density at radius 3 is 1.90 bits per heavy atom. The van der Waals surface area contributed by atoms with Crippen LogP contribution < -0.4 is 0 Å². The predicted molar refractivity (Wildman–Crippen MR) is 109 cm³/mol. The molecular formula is C22H38O8. The molecule has 2 fully saturated rings. The second kappa shape index (κ2) is 11.8. The number of carbonyl (C=O) groups is 3. The van der Waals surface area contributed by atoms with Gasteiger partial charge in [-0.1, -0.05) is 40.5 Å². The maximum Gasteiger partial charge on any atom is 0.317 e. The Hall–Kier alpha value is -1.51. The van der Waals surface area contributed by atoms with Crippen LogP contribution in [0.25, 0.3) is 0 Å². The summed E-state index contributed by atoms with van der Waals surface area (Å²) in [6, 6.07) is 0. The van der Waals surface area contributed by atoms with Crippen LogP contribution in [0.15, 0.2) is 0 Å². The van der Waals surface area contributed by atoms with E-state index < -0.39 is 25.2 Å². The fourth-order valence-corrected chi connectivity index (χ4v) is 3.93. The number of hydrogen-bond donors (Lipinski definition) is 3. The molecule has 2 rings (SSSR count). The SMILES string of the molecule is CC(CC(=O)OCC(CO)(CO)CO)CC(C)(C)C.O=C1OC(=O)C2CCCCC12. The van der Waals surface area contributed by atoms with Gasteiger partial charge in [-0.25, -0.2) is 0 Å². The van der Waals surface area contributed by atoms with Crippen molar-refractivity contribution in [3.63, 3.8) is 0 Å². The minimum atomic E-state index is -1.15. The average molecular weight is 431 g/mol. The molecule has 174 valence electrons. The van der Waals surface area contributed by atoms with Crippen LogP contribution in [0, 0.1) is 28.6 Å². The maximum absolute atomic E-state index is 11.7. The summed E-state index contributed by atoms with van der Waals surface area (Å²) in [4.78, 5) is 33.6. The first-order valence-electron chi connectivity index (χ1n) is 10.7. The minimum absolute atomic E-state index is 0.101. The van der Waals surface area contributed by atoms with Gasteiger partial charge >= 0.3 is 17.9 Å². The van der Waals surface area contributed by atoms with Gasteiger partial charge in [0.15, 0.2) is 0 Å². The van der Waals surface area contributed by atoms with Gasteiger partial charge in [-0.15, -0.1) is 0 Å². The first kappa shape index (κ1) is 26.5. The second-order valence-electron chi connectivity index (χ2n) is 9.95. The van der Waals surface area contributed by atoms with Crippen molar-refractivity contribution < 1.29 is 39.2 Å². The van der Waals surface area contributed by atoms with E-state index in [1.54, 1.807) is 0 Å². The van der Waals surface area contributed by atoms with Crippen molar-refractivity contribution in [2.75, 3.05) is 26.4 Å². The van der Waals surface area contributed by atoms with Gasteiger partial charge in [0.2, 0.25) is 0 Å². The largest absolute Gasteiger partial charge is 0.465 e. The number of cyclic esters (lactones) is 2. The van der Waals surface area contributed by atoms with E-state index in [9.17, 15) is 14.4 Å². The molecule has 0 spiro atoms. The minimum Gasteiger partial charge on any atom is -0.465 e. The molecule has 3 N–H and O–H groups in total. The first-order chi connectivity index (χ1) is 14.0. The molecule has 0 aromatic carbocycles. The van der Waals surface area contributed by atoms with Crippen molar-refractivity contribution in [2.24, 2.45) is 28.6 Å². The lowest BCUT2D eigenvalue weighted by Gasteiger charge is -2.27. The highest BCUT2D eigenvalue weighted by molar-refractivity contribution is 5.96. The zero-order valence-corrected chi connectivity index (χ0v) is 18.7. The van der Waals surface area contributed by atoms with Crippen LogP contribution in [0.4, 0.5) is 0 Å². The molecule has 8 nitrogen and oxygen atoms in total. The summed E-state index contributed by atoms with van der Waals surface area (Å²) in [5.41, 5.74) is -0.992. The molecule has 30 heavy (non-hydrogen) atoms. The summed E-state index contributed by atoms with van der Waals surface area (Å²) in [7, 11) is 0. The molecule has 0 radical (unpaired) electrons. The monoisotopic (exact) mass is 430 g/mol. The highest BCUT2D eigenvalue weighted by Gasteiger charge is 2.44. The zero-order valence-electron chi connectivity index (χ0n) is 18.7. The number of carbonyl (C=O) groups excluding carboxylic acids is 3. The van der Waals surface area contributed by atoms with Crippen LogP contribution in [0.2, 0.25) is 0 Å². The zero-order chi connectivity index (χ0) is 22.9. The van der Waals surface area contributed by atoms with Gasteiger partial charge in [0.1, 0.15) is 6.61 Å². The number of fused-ring (bicyclic) bond motifs is 1. The average Bonchev–Trinajstić information content (AvgIpc) is 2.97. The number of hydrogen-bond acceptors (Lipinski definition) is 8. The lowest BCUT2D eigenvalue weighted by Crippen LogP contribution is -2.39. The van der Waals surface area contributed by atoms with Crippen LogP contribution in [0.5, 0.6) is 0 Å². The van der Waals surface area contributed by atoms with Gasteiger partial charge in [-0.05, 0) is 30.6 Å². The lowest BCUT2D eigenvalue weighted by molar-refractivity contribution is -0.154. The summed E-state index contributed by atoms with van der Waals surface area (Å²) in [5, 5.41) is 27.3. The van der Waals surface area contributed by atoms with Crippen molar-refractivity contribution >= 4 is 17.9 Å². The topological polar surface area (TPSA) is 130 Å². The van der Waals surface area contributed by atoms with Crippen LogP contribution >= 0.6 is 0 Å². The summed E-state index contributed by atoms with van der Waals surface area (Å²) in [6.45, 7) is 6.89. The normalized spacial score (nSPS) is 22.5. The number of rotatable bonds is 8. The fourth-order valence-electron chi connectivity index (χ4n) is 3.93. The molecule has 2 aliphatic rings. The van der Waals surface area contributed by atoms with Crippen molar-refractivity contribution in [2.45, 2.75) is 66.2 Å². The molecule has 8 heteroatoms. The molecule has 3 atom stereocenters. The molecule has 1 saturated heterocycles. The van der Waals surface area contributed by atoms with Crippen molar-refractivity contribution in [1.29, 1.82) is 0 Å². The highest BCUT2D eigenvalue weighted by atomic mass is 16.6. The standard InChI is InChI=1S/C14H28O5.C8H10O3/c1-11(6-13(2,3)4)5-12(18)19-10-14(7-15,8-16)9-17;9-7-5-3-1-2-4-6(5)8(10)11-7/h11,15-17H,5-10H2,1-4H3;5-6H,1-4H2. The first-order valence-corrected chi connectivity index (χ1v) is 10.7. The number of aliphatic hydroxyl groups excluding tert-OH is 3. The van der Waals surface area contributed by atoms with E-state index in [-0.39, 0.29) is 47.7 Å². The van der Waals surface area contributed by atoms with E-state index in [1.807, 2.05) is 6.92 Å². The number of aliphatic hydroxyl groups is 3. The highest BCUT2D eigenvalue weighted by Crippen LogP contribution is 2.36. The molecule has 0 amide bonds. The van der Waals surface area contributed by atoms with E-state index in [4.69, 9.17) is 20.1 Å². The van der Waals surface area contributed by atoms with E-state index in [1.165, 1.54) is 0 Å². The number of esters is 3. The summed E-state index contributed by atoms with van der Waals surface area (Å²) in [6.07, 6.45) is 5.01. The summed E-state index contributed by atoms with van der Waals surface area (Å²) >= 11 is 0. The predicted octanol–water partition coefficient (Wildman–Crippen LogP) is 1.83. The molecule has 1 saturated carbocycles. The summed E-state index contributed by atoms with van der Waals surface area (Å²) < 4.78 is 9.58. The van der Waals surface area contributed by atoms with E-state index in [0.29, 0.717) is 6.42 Å². The Bertz CT molecular complexity index is 546. The molecule has 3 unspecified atom stereocenters. The third-order valence-electron chi connectivity index (χ3n) is 5.59. The van der Waals surface area contributed by atoms with Gasteiger partial charge in [-0.3, -0.25) is 14.4 Å². The van der Waals surface area contributed by atoms with E-state index in [0.717, 1.165) is 32.1 Å². The van der Waals surface area contributed by atoms with Crippen LogP contribution in [-0.4, -0.2) is 59.7 Å². The maximum atomic E-state index is 11.7. The van der Waals surface area contributed by atoms with Gasteiger partial charge in [0.05, 0.1) is 37.1 Å². The van der Waals surface area contributed by atoms with Crippen LogP contribution in [0.3, 0.4) is 0 Å². The van der Waals surface area contributed by atoms with Gasteiger partial charge in [0, 0.05) is 6.42 Å². The van der Waals surface area contributed by atoms with Crippen LogP contribution in [-0.2, 0) is 23.9 Å². The van der Waals surface area contributed by atoms with E-state index >= 15 is 0 Å². The molecule has 0 aromatic rings. The second-order valence-corrected chi connectivity index (χ2v) is 9.95.